The number of thioether (sulfide) groups is 2. The minimum atomic E-state index is -0.589. The number of methoxy groups -OCH3 is 1. The summed E-state index contributed by atoms with van der Waals surface area (Å²) in [7, 11) is 1.64. The minimum absolute atomic E-state index is 0.0314. The summed E-state index contributed by atoms with van der Waals surface area (Å²) in [4.78, 5) is 40.4. The highest BCUT2D eigenvalue weighted by Crippen LogP contribution is 2.31. The van der Waals surface area contributed by atoms with Gasteiger partial charge in [0.05, 0.1) is 18.7 Å². The second-order valence-corrected chi connectivity index (χ2v) is 13.2. The number of nitrogens with one attached hydrogen (secondary N) is 2. The number of carbonyl (C=O) groups excluding carboxylic acids is 3. The van der Waals surface area contributed by atoms with Gasteiger partial charge in [-0.3, -0.25) is 14.4 Å². The van der Waals surface area contributed by atoms with Crippen LogP contribution >= 0.6 is 23.5 Å². The van der Waals surface area contributed by atoms with Crippen molar-refractivity contribution in [3.8, 4) is 11.5 Å². The molecule has 10 heteroatoms. The molecule has 0 bridgehead atoms. The van der Waals surface area contributed by atoms with Crippen LogP contribution in [0.2, 0.25) is 0 Å². The number of rotatable bonds is 12. The number of nitrogens with zero attached hydrogens (tertiary/aromatic N) is 1. The molecule has 2 aromatic rings. The Balaban J connectivity index is 1.56. The Labute approximate surface area is 251 Å². The molecule has 4 rings (SSSR count). The first-order valence-electron chi connectivity index (χ1n) is 14.4. The minimum Gasteiger partial charge on any atom is -0.507 e. The predicted octanol–water partition coefficient (Wildman–Crippen LogP) is 4.46. The zero-order valence-corrected chi connectivity index (χ0v) is 25.5. The predicted molar refractivity (Wildman–Crippen MR) is 166 cm³/mol. The smallest absolute Gasteiger partial charge is 0.255 e. The van der Waals surface area contributed by atoms with Gasteiger partial charge in [0.15, 0.2) is 5.37 Å². The van der Waals surface area contributed by atoms with E-state index in [1.807, 2.05) is 36.0 Å². The first kappa shape index (κ1) is 31.1. The van der Waals surface area contributed by atoms with E-state index < -0.39 is 17.3 Å². The summed E-state index contributed by atoms with van der Waals surface area (Å²) in [5, 5.41) is 15.8. The van der Waals surface area contributed by atoms with Gasteiger partial charge >= 0.3 is 0 Å². The van der Waals surface area contributed by atoms with Crippen molar-refractivity contribution < 1.29 is 24.2 Å². The Morgan fingerprint density at radius 3 is 2.51 bits per heavy atom. The highest BCUT2D eigenvalue weighted by molar-refractivity contribution is 8.00. The van der Waals surface area contributed by atoms with Crippen LogP contribution in [0.25, 0.3) is 0 Å². The lowest BCUT2D eigenvalue weighted by atomic mass is 9.91. The molecular weight excluding hydrogens is 558 g/mol. The van der Waals surface area contributed by atoms with Crippen LogP contribution < -0.4 is 15.4 Å². The van der Waals surface area contributed by atoms with Crippen molar-refractivity contribution in [3.05, 3.63) is 59.7 Å². The molecule has 41 heavy (non-hydrogen) atoms. The molecule has 3 atom stereocenters. The quantitative estimate of drug-likeness (QED) is 0.331. The normalized spacial score (nSPS) is 18.9. The maximum absolute atomic E-state index is 13.6. The summed E-state index contributed by atoms with van der Waals surface area (Å²) in [6.45, 7) is 2.22. The van der Waals surface area contributed by atoms with Crippen molar-refractivity contribution >= 4 is 41.2 Å². The Morgan fingerprint density at radius 2 is 1.83 bits per heavy atom. The van der Waals surface area contributed by atoms with Crippen molar-refractivity contribution in [3.63, 3.8) is 0 Å². The van der Waals surface area contributed by atoms with Gasteiger partial charge in [-0.2, -0.15) is 11.8 Å². The third kappa shape index (κ3) is 8.82. The van der Waals surface area contributed by atoms with E-state index in [-0.39, 0.29) is 34.9 Å². The Morgan fingerprint density at radius 1 is 1.10 bits per heavy atom. The van der Waals surface area contributed by atoms with E-state index in [2.05, 4.69) is 10.6 Å². The fraction of sp³-hybridized carbons (Fsp3) is 0.516. The van der Waals surface area contributed by atoms with Crippen molar-refractivity contribution in [1.82, 2.24) is 15.5 Å². The Bertz CT molecular complexity index is 1170. The van der Waals surface area contributed by atoms with Crippen LogP contribution in [0.3, 0.4) is 0 Å². The van der Waals surface area contributed by atoms with Crippen LogP contribution in [-0.2, 0) is 16.0 Å². The SMILES string of the molecule is COc1ccc(CC(SCC2CCCCC2)C(CNC(=O)c2ccccc2O)NC(=O)[C@H]2SCCN2C(C)=O)cc1. The summed E-state index contributed by atoms with van der Waals surface area (Å²) < 4.78 is 5.34. The fourth-order valence-electron chi connectivity index (χ4n) is 5.43. The van der Waals surface area contributed by atoms with Crippen LogP contribution in [0.5, 0.6) is 11.5 Å². The number of carbonyl (C=O) groups is 3. The molecule has 2 unspecified atom stereocenters. The highest BCUT2D eigenvalue weighted by Gasteiger charge is 2.36. The first-order chi connectivity index (χ1) is 19.9. The van der Waals surface area contributed by atoms with Gasteiger partial charge in [0.25, 0.3) is 11.8 Å². The number of amides is 3. The zero-order chi connectivity index (χ0) is 29.2. The molecule has 1 saturated carbocycles. The standard InChI is InChI=1S/C31H41N3O5S2/c1-21(35)34-16-17-40-31(34)30(38)33-26(19-32-29(37)25-10-6-7-11-27(25)36)28(41-20-23-8-4-3-5-9-23)18-22-12-14-24(39-2)15-13-22/h6-7,10-15,23,26,28,31,36H,3-5,8-9,16-20H2,1-2H3,(H,32,37)(H,33,38)/t26?,28?,31-/m1/s1. The van der Waals surface area contributed by atoms with Gasteiger partial charge in [-0.05, 0) is 60.8 Å². The van der Waals surface area contributed by atoms with Crippen molar-refractivity contribution in [2.75, 3.05) is 31.7 Å². The van der Waals surface area contributed by atoms with Gasteiger partial charge in [0.1, 0.15) is 11.5 Å². The van der Waals surface area contributed by atoms with E-state index in [1.54, 1.807) is 30.2 Å². The molecule has 222 valence electrons. The maximum atomic E-state index is 13.6. The summed E-state index contributed by atoms with van der Waals surface area (Å²) in [6.07, 6.45) is 6.92. The van der Waals surface area contributed by atoms with Gasteiger partial charge < -0.3 is 25.4 Å². The lowest BCUT2D eigenvalue weighted by Crippen LogP contribution is -2.54. The molecule has 3 amide bonds. The number of hydrogen-bond acceptors (Lipinski definition) is 7. The number of phenols is 1. The second-order valence-electron chi connectivity index (χ2n) is 10.7. The number of benzene rings is 2. The number of aromatic hydroxyl groups is 1. The molecule has 1 saturated heterocycles. The molecule has 2 aliphatic rings. The van der Waals surface area contributed by atoms with Crippen molar-refractivity contribution in [2.45, 2.75) is 62.1 Å². The molecule has 8 nitrogen and oxygen atoms in total. The van der Waals surface area contributed by atoms with E-state index in [0.29, 0.717) is 24.6 Å². The average Bonchev–Trinajstić information content (AvgIpc) is 3.49. The average molecular weight is 600 g/mol. The number of ether oxygens (including phenoxy) is 1. The Hall–Kier alpha value is -2.85. The van der Waals surface area contributed by atoms with Crippen LogP contribution in [-0.4, -0.2) is 76.1 Å². The molecule has 3 N–H and O–H groups in total. The summed E-state index contributed by atoms with van der Waals surface area (Å²) >= 11 is 3.31. The molecule has 1 heterocycles. The van der Waals surface area contributed by atoms with Crippen LogP contribution in [0.15, 0.2) is 48.5 Å². The molecular formula is C31H41N3O5S2. The van der Waals surface area contributed by atoms with E-state index >= 15 is 0 Å². The third-order valence-corrected chi connectivity index (χ3v) is 10.6. The number of hydrogen-bond donors (Lipinski definition) is 3. The van der Waals surface area contributed by atoms with E-state index in [4.69, 9.17) is 4.74 Å². The highest BCUT2D eigenvalue weighted by atomic mass is 32.2. The van der Waals surface area contributed by atoms with Gasteiger partial charge in [-0.15, -0.1) is 11.8 Å². The van der Waals surface area contributed by atoms with Gasteiger partial charge in [-0.1, -0.05) is 43.5 Å². The molecule has 1 aliphatic heterocycles. The van der Waals surface area contributed by atoms with Gasteiger partial charge in [-0.25, -0.2) is 0 Å². The summed E-state index contributed by atoms with van der Waals surface area (Å²) in [5.41, 5.74) is 1.30. The largest absolute Gasteiger partial charge is 0.507 e. The molecule has 2 aromatic carbocycles. The van der Waals surface area contributed by atoms with Crippen LogP contribution in [0, 0.1) is 5.92 Å². The van der Waals surface area contributed by atoms with Gasteiger partial charge in [0, 0.05) is 31.0 Å². The van der Waals surface area contributed by atoms with E-state index in [9.17, 15) is 19.5 Å². The zero-order valence-electron chi connectivity index (χ0n) is 23.8. The summed E-state index contributed by atoms with van der Waals surface area (Å²) in [5.74, 6) is 2.27. The van der Waals surface area contributed by atoms with E-state index in [0.717, 1.165) is 17.1 Å². The maximum Gasteiger partial charge on any atom is 0.255 e. The Kier molecular flexibility index (Phi) is 11.7. The van der Waals surface area contributed by atoms with Crippen LogP contribution in [0.1, 0.15) is 54.9 Å². The lowest BCUT2D eigenvalue weighted by molar-refractivity contribution is -0.135. The van der Waals surface area contributed by atoms with Crippen molar-refractivity contribution in [1.29, 1.82) is 0 Å². The van der Waals surface area contributed by atoms with Crippen LogP contribution in [0.4, 0.5) is 0 Å². The number of para-hydroxylation sites is 1. The summed E-state index contributed by atoms with van der Waals surface area (Å²) in [6, 6.07) is 14.0. The second kappa shape index (κ2) is 15.4. The number of phenolic OH excluding ortho intramolecular Hbond substituents is 1. The van der Waals surface area contributed by atoms with Gasteiger partial charge in [0.2, 0.25) is 5.91 Å². The molecule has 1 aliphatic carbocycles. The molecule has 2 fully saturated rings. The van der Waals surface area contributed by atoms with Crippen molar-refractivity contribution in [2.24, 2.45) is 5.92 Å². The monoisotopic (exact) mass is 599 g/mol. The third-order valence-electron chi connectivity index (χ3n) is 7.79. The first-order valence-corrected chi connectivity index (χ1v) is 16.5. The van der Waals surface area contributed by atoms with E-state index in [1.165, 1.54) is 56.9 Å². The molecule has 0 aromatic heterocycles. The molecule has 0 spiro atoms. The lowest BCUT2D eigenvalue weighted by Gasteiger charge is -2.32. The fourth-order valence-corrected chi connectivity index (χ4v) is 8.17. The topological polar surface area (TPSA) is 108 Å². The molecule has 0 radical (unpaired) electrons.